The molecule has 0 heterocycles. The van der Waals surface area contributed by atoms with Crippen LogP contribution in [0, 0.1) is 13.8 Å². The first-order chi connectivity index (χ1) is 8.04. The summed E-state index contributed by atoms with van der Waals surface area (Å²) in [6.45, 7) is 3.84. The number of aryl methyl sites for hydroxylation is 2. The Kier molecular flexibility index (Phi) is 5.25. The molecule has 17 heavy (non-hydrogen) atoms. The van der Waals surface area contributed by atoms with Crippen LogP contribution in [0.25, 0.3) is 0 Å². The summed E-state index contributed by atoms with van der Waals surface area (Å²) < 4.78 is 5.43. The monoisotopic (exact) mass is 257 g/mol. The highest BCUT2D eigenvalue weighted by Crippen LogP contribution is 2.26. The number of hydrogen-bond donors (Lipinski definition) is 2. The zero-order valence-electron chi connectivity index (χ0n) is 9.92. The van der Waals surface area contributed by atoms with Crippen LogP contribution in [0.15, 0.2) is 12.1 Å². The van der Waals surface area contributed by atoms with Gasteiger partial charge < -0.3 is 15.2 Å². The smallest absolute Gasteiger partial charge is 0.258 e. The average molecular weight is 258 g/mol. The number of nitrogens with one attached hydrogen (secondary N) is 1. The van der Waals surface area contributed by atoms with E-state index in [-0.39, 0.29) is 25.7 Å². The van der Waals surface area contributed by atoms with Crippen molar-refractivity contribution in [1.29, 1.82) is 0 Å². The van der Waals surface area contributed by atoms with Gasteiger partial charge in [-0.15, -0.1) is 0 Å². The van der Waals surface area contributed by atoms with E-state index in [1.807, 2.05) is 13.8 Å². The fraction of sp³-hybridized carbons (Fsp3) is 0.417. The van der Waals surface area contributed by atoms with Crippen molar-refractivity contribution in [3.63, 3.8) is 0 Å². The van der Waals surface area contributed by atoms with Gasteiger partial charge in [-0.2, -0.15) is 0 Å². The second-order valence-corrected chi connectivity index (χ2v) is 4.17. The SMILES string of the molecule is Cc1cc(Cl)cc(C)c1OCC(=O)NCCO. The normalized spacial score (nSPS) is 10.1. The number of hydrogen-bond acceptors (Lipinski definition) is 3. The molecule has 0 saturated heterocycles. The Hall–Kier alpha value is -1.26. The first-order valence-electron chi connectivity index (χ1n) is 5.31. The van der Waals surface area contributed by atoms with E-state index in [4.69, 9.17) is 21.4 Å². The van der Waals surface area contributed by atoms with Crippen molar-refractivity contribution in [1.82, 2.24) is 5.32 Å². The summed E-state index contributed by atoms with van der Waals surface area (Å²) in [6.07, 6.45) is 0. The van der Waals surface area contributed by atoms with Crippen LogP contribution in [-0.2, 0) is 4.79 Å². The highest BCUT2D eigenvalue weighted by Gasteiger charge is 2.08. The maximum Gasteiger partial charge on any atom is 0.258 e. The third-order valence-corrected chi connectivity index (χ3v) is 2.42. The number of aliphatic hydroxyl groups is 1. The lowest BCUT2D eigenvalue weighted by Crippen LogP contribution is -2.31. The van der Waals surface area contributed by atoms with Crippen molar-refractivity contribution in [3.8, 4) is 5.75 Å². The number of carbonyl (C=O) groups excluding carboxylic acids is 1. The molecule has 0 atom stereocenters. The summed E-state index contributed by atoms with van der Waals surface area (Å²) >= 11 is 5.89. The van der Waals surface area contributed by atoms with Gasteiger partial charge in [-0.05, 0) is 37.1 Å². The van der Waals surface area contributed by atoms with Crippen LogP contribution in [0.1, 0.15) is 11.1 Å². The molecule has 2 N–H and O–H groups in total. The van der Waals surface area contributed by atoms with Crippen molar-refractivity contribution >= 4 is 17.5 Å². The van der Waals surface area contributed by atoms with Crippen LogP contribution in [-0.4, -0.2) is 30.8 Å². The van der Waals surface area contributed by atoms with Gasteiger partial charge in [0.15, 0.2) is 6.61 Å². The largest absolute Gasteiger partial charge is 0.483 e. The zero-order chi connectivity index (χ0) is 12.8. The van der Waals surface area contributed by atoms with E-state index in [9.17, 15) is 4.79 Å². The quantitative estimate of drug-likeness (QED) is 0.839. The van der Waals surface area contributed by atoms with Gasteiger partial charge >= 0.3 is 0 Å². The molecule has 1 rings (SSSR count). The highest BCUT2D eigenvalue weighted by molar-refractivity contribution is 6.30. The number of benzene rings is 1. The summed E-state index contributed by atoms with van der Waals surface area (Å²) in [4.78, 5) is 11.3. The molecule has 4 nitrogen and oxygen atoms in total. The molecule has 94 valence electrons. The lowest BCUT2D eigenvalue weighted by Gasteiger charge is -2.12. The van der Waals surface area contributed by atoms with Gasteiger partial charge in [0.05, 0.1) is 6.61 Å². The van der Waals surface area contributed by atoms with Crippen molar-refractivity contribution in [2.45, 2.75) is 13.8 Å². The summed E-state index contributed by atoms with van der Waals surface area (Å²) in [5, 5.41) is 11.7. The molecule has 0 fully saturated rings. The third kappa shape index (κ3) is 4.24. The predicted octanol–water partition coefficient (Wildman–Crippen LogP) is 1.44. The Bertz CT molecular complexity index is 384. The fourth-order valence-corrected chi connectivity index (χ4v) is 1.84. The van der Waals surface area contributed by atoms with Gasteiger partial charge in [0.1, 0.15) is 5.75 Å². The molecule has 0 bridgehead atoms. The molecule has 0 aliphatic carbocycles. The molecule has 0 aliphatic heterocycles. The molecule has 1 amide bonds. The summed E-state index contributed by atoms with van der Waals surface area (Å²) in [5.74, 6) is 0.418. The molecule has 1 aromatic rings. The van der Waals surface area contributed by atoms with Gasteiger partial charge in [0, 0.05) is 11.6 Å². The topological polar surface area (TPSA) is 58.6 Å². The Morgan fingerprint density at radius 2 is 2.00 bits per heavy atom. The fourth-order valence-electron chi connectivity index (χ4n) is 1.51. The first kappa shape index (κ1) is 13.8. The van der Waals surface area contributed by atoms with Gasteiger partial charge in [0.2, 0.25) is 0 Å². The van der Waals surface area contributed by atoms with E-state index in [1.54, 1.807) is 12.1 Å². The Labute approximate surface area is 106 Å². The summed E-state index contributed by atoms with van der Waals surface area (Å²) in [7, 11) is 0. The lowest BCUT2D eigenvalue weighted by atomic mass is 10.1. The molecule has 0 aliphatic rings. The maximum atomic E-state index is 11.3. The predicted molar refractivity (Wildman–Crippen MR) is 66.5 cm³/mol. The van der Waals surface area contributed by atoms with Gasteiger partial charge in [0.25, 0.3) is 5.91 Å². The zero-order valence-corrected chi connectivity index (χ0v) is 10.7. The van der Waals surface area contributed by atoms with E-state index < -0.39 is 0 Å². The Morgan fingerprint density at radius 3 is 2.53 bits per heavy atom. The number of halogens is 1. The van der Waals surface area contributed by atoms with Crippen molar-refractivity contribution < 1.29 is 14.6 Å². The number of ether oxygens (including phenoxy) is 1. The third-order valence-electron chi connectivity index (χ3n) is 2.21. The Morgan fingerprint density at radius 1 is 1.41 bits per heavy atom. The average Bonchev–Trinajstić information content (AvgIpc) is 2.24. The van der Waals surface area contributed by atoms with Gasteiger partial charge in [-0.1, -0.05) is 11.6 Å². The minimum atomic E-state index is -0.257. The number of rotatable bonds is 5. The van der Waals surface area contributed by atoms with Crippen LogP contribution in [0.2, 0.25) is 5.02 Å². The number of carbonyl (C=O) groups is 1. The summed E-state index contributed by atoms with van der Waals surface area (Å²) in [5.41, 5.74) is 1.79. The van der Waals surface area contributed by atoms with Crippen LogP contribution >= 0.6 is 11.6 Å². The molecular weight excluding hydrogens is 242 g/mol. The minimum absolute atomic E-state index is 0.0662. The first-order valence-corrected chi connectivity index (χ1v) is 5.69. The van der Waals surface area contributed by atoms with Crippen LogP contribution in [0.4, 0.5) is 0 Å². The van der Waals surface area contributed by atoms with Gasteiger partial charge in [-0.25, -0.2) is 0 Å². The van der Waals surface area contributed by atoms with Gasteiger partial charge in [-0.3, -0.25) is 4.79 Å². The number of aliphatic hydroxyl groups excluding tert-OH is 1. The molecule has 0 unspecified atom stereocenters. The van der Waals surface area contributed by atoms with E-state index in [1.165, 1.54) is 0 Å². The molecule has 0 spiro atoms. The van der Waals surface area contributed by atoms with Crippen LogP contribution in [0.3, 0.4) is 0 Å². The highest BCUT2D eigenvalue weighted by atomic mass is 35.5. The van der Waals surface area contributed by atoms with E-state index in [2.05, 4.69) is 5.32 Å². The number of amides is 1. The molecule has 0 radical (unpaired) electrons. The molecule has 5 heteroatoms. The standard InChI is InChI=1S/C12H16ClNO3/c1-8-5-10(13)6-9(2)12(8)17-7-11(16)14-3-4-15/h5-6,15H,3-4,7H2,1-2H3,(H,14,16). The molecule has 0 aromatic heterocycles. The van der Waals surface area contributed by atoms with Crippen LogP contribution in [0.5, 0.6) is 5.75 Å². The van der Waals surface area contributed by atoms with Crippen molar-refractivity contribution in [3.05, 3.63) is 28.3 Å². The Balaban J connectivity index is 2.60. The summed E-state index contributed by atoms with van der Waals surface area (Å²) in [6, 6.07) is 3.57. The van der Waals surface area contributed by atoms with E-state index in [0.29, 0.717) is 10.8 Å². The second kappa shape index (κ2) is 6.47. The molecular formula is C12H16ClNO3. The maximum absolute atomic E-state index is 11.3. The second-order valence-electron chi connectivity index (χ2n) is 3.73. The van der Waals surface area contributed by atoms with Crippen molar-refractivity contribution in [2.24, 2.45) is 0 Å². The van der Waals surface area contributed by atoms with E-state index >= 15 is 0 Å². The lowest BCUT2D eigenvalue weighted by molar-refractivity contribution is -0.123. The van der Waals surface area contributed by atoms with Crippen LogP contribution < -0.4 is 10.1 Å². The van der Waals surface area contributed by atoms with E-state index in [0.717, 1.165) is 11.1 Å². The molecule has 1 aromatic carbocycles. The molecule has 0 saturated carbocycles. The van der Waals surface area contributed by atoms with Crippen molar-refractivity contribution in [2.75, 3.05) is 19.8 Å². The minimum Gasteiger partial charge on any atom is -0.483 e.